The fourth-order valence-corrected chi connectivity index (χ4v) is 6.20. The molecule has 2 aromatic carbocycles. The molecular weight excluding hydrogens is 338 g/mol. The van der Waals surface area contributed by atoms with Gasteiger partial charge in [0, 0.05) is 0 Å². The van der Waals surface area contributed by atoms with Crippen LogP contribution in [0.2, 0.25) is 0 Å². The summed E-state index contributed by atoms with van der Waals surface area (Å²) in [7, 11) is 0. The van der Waals surface area contributed by atoms with Crippen molar-refractivity contribution in [2.45, 2.75) is 41.5 Å². The average Bonchev–Trinajstić information content (AvgIpc) is 2.25. The second kappa shape index (κ2) is 5.71. The average molecular weight is 360 g/mol. The van der Waals surface area contributed by atoms with Crippen molar-refractivity contribution < 1.29 is 0 Å². The van der Waals surface area contributed by atoms with E-state index in [9.17, 15) is 0 Å². The Morgan fingerprint density at radius 3 is 1.05 bits per heavy atom. The molecule has 0 saturated carbocycles. The van der Waals surface area contributed by atoms with Crippen LogP contribution in [0.1, 0.15) is 33.4 Å². The van der Waals surface area contributed by atoms with Crippen molar-refractivity contribution in [1.29, 1.82) is 0 Å². The summed E-state index contributed by atoms with van der Waals surface area (Å²) in [5.74, 6) is 0. The first-order valence-electron chi connectivity index (χ1n) is 6.76. The van der Waals surface area contributed by atoms with E-state index < -0.39 is 21.6 Å². The van der Waals surface area contributed by atoms with Gasteiger partial charge in [0.1, 0.15) is 0 Å². The number of hydrogen-bond acceptors (Lipinski definition) is 0. The van der Waals surface area contributed by atoms with Gasteiger partial charge in [-0.1, -0.05) is 0 Å². The summed E-state index contributed by atoms with van der Waals surface area (Å²) in [6, 6.07) is 9.32. The summed E-state index contributed by atoms with van der Waals surface area (Å²) in [6.45, 7) is 13.5. The summed E-state index contributed by atoms with van der Waals surface area (Å²) in [4.78, 5) is 0. The number of benzene rings is 2. The summed E-state index contributed by atoms with van der Waals surface area (Å²) in [6.07, 6.45) is 0. The molecule has 2 aromatic rings. The Labute approximate surface area is 127 Å². The summed E-state index contributed by atoms with van der Waals surface area (Å²) in [5.41, 5.74) is 8.68. The van der Waals surface area contributed by atoms with Crippen molar-refractivity contribution >= 4 is 28.6 Å². The van der Waals surface area contributed by atoms with E-state index in [-0.39, 0.29) is 0 Å². The van der Waals surface area contributed by atoms with Crippen LogP contribution in [0.4, 0.5) is 0 Å². The van der Waals surface area contributed by atoms with Gasteiger partial charge in [-0.15, -0.1) is 0 Å². The van der Waals surface area contributed by atoms with E-state index in [2.05, 4.69) is 65.8 Å². The molecule has 0 bridgehead atoms. The van der Waals surface area contributed by atoms with Crippen LogP contribution in [0.25, 0.3) is 0 Å². The van der Waals surface area contributed by atoms with E-state index in [1.807, 2.05) is 0 Å². The van der Waals surface area contributed by atoms with Crippen LogP contribution < -0.4 is 7.02 Å². The van der Waals surface area contributed by atoms with Crippen molar-refractivity contribution in [3.8, 4) is 0 Å². The van der Waals surface area contributed by atoms with Crippen LogP contribution in [0, 0.1) is 41.5 Å². The molecule has 0 aliphatic rings. The Morgan fingerprint density at radius 1 is 0.526 bits per heavy atom. The van der Waals surface area contributed by atoms with Crippen LogP contribution in [0.15, 0.2) is 24.3 Å². The van der Waals surface area contributed by atoms with Crippen molar-refractivity contribution in [2.24, 2.45) is 0 Å². The Kier molecular flexibility index (Phi) is 4.41. The molecular formula is C18H22Sb. The van der Waals surface area contributed by atoms with Crippen molar-refractivity contribution in [3.63, 3.8) is 0 Å². The zero-order valence-corrected chi connectivity index (χ0v) is 15.3. The van der Waals surface area contributed by atoms with Crippen LogP contribution in [-0.4, -0.2) is 21.6 Å². The van der Waals surface area contributed by atoms with Gasteiger partial charge in [-0.25, -0.2) is 0 Å². The van der Waals surface area contributed by atoms with Gasteiger partial charge in [0.15, 0.2) is 0 Å². The van der Waals surface area contributed by atoms with E-state index in [4.69, 9.17) is 0 Å². The van der Waals surface area contributed by atoms with Gasteiger partial charge in [-0.3, -0.25) is 0 Å². The standard InChI is InChI=1S/2C9H11.Sb/c2*1-7-4-8(2)6-9(3)5-7;/h2*4-5H,1-3H3;. The predicted molar refractivity (Wildman–Crippen MR) is 86.3 cm³/mol. The summed E-state index contributed by atoms with van der Waals surface area (Å²) in [5, 5.41) is 0. The van der Waals surface area contributed by atoms with Gasteiger partial charge in [0.25, 0.3) is 0 Å². The molecule has 1 heteroatoms. The van der Waals surface area contributed by atoms with Gasteiger partial charge in [0.2, 0.25) is 0 Å². The number of rotatable bonds is 2. The molecule has 0 saturated heterocycles. The van der Waals surface area contributed by atoms with E-state index in [0.717, 1.165) is 0 Å². The Morgan fingerprint density at radius 2 is 0.789 bits per heavy atom. The first-order valence-corrected chi connectivity index (χ1v) is 9.31. The Balaban J connectivity index is 2.48. The van der Waals surface area contributed by atoms with E-state index in [1.54, 1.807) is 7.02 Å². The maximum atomic E-state index is 2.33. The molecule has 0 nitrogen and oxygen atoms in total. The molecule has 99 valence electrons. The van der Waals surface area contributed by atoms with Gasteiger partial charge in [-0.05, 0) is 0 Å². The van der Waals surface area contributed by atoms with E-state index in [0.29, 0.717) is 0 Å². The number of aryl methyl sites for hydroxylation is 6. The van der Waals surface area contributed by atoms with Gasteiger partial charge in [-0.2, -0.15) is 0 Å². The summed E-state index contributed by atoms with van der Waals surface area (Å²) < 4.78 is 3.27. The molecule has 0 unspecified atom stereocenters. The van der Waals surface area contributed by atoms with Crippen LogP contribution in [0.5, 0.6) is 0 Å². The minimum atomic E-state index is -0.497. The fraction of sp³-hybridized carbons (Fsp3) is 0.333. The molecule has 0 fully saturated rings. The molecule has 1 radical (unpaired) electrons. The molecule has 0 aliphatic carbocycles. The van der Waals surface area contributed by atoms with Crippen LogP contribution in [0.3, 0.4) is 0 Å². The fourth-order valence-electron chi connectivity index (χ4n) is 2.81. The molecule has 0 spiro atoms. The molecule has 0 aromatic heterocycles. The molecule has 0 atom stereocenters. The zero-order chi connectivity index (χ0) is 14.2. The molecule has 0 heterocycles. The summed E-state index contributed by atoms with van der Waals surface area (Å²) >= 11 is -0.497. The molecule has 0 amide bonds. The van der Waals surface area contributed by atoms with Gasteiger partial charge < -0.3 is 0 Å². The van der Waals surface area contributed by atoms with Gasteiger partial charge >= 0.3 is 128 Å². The third-order valence-electron chi connectivity index (χ3n) is 3.49. The topological polar surface area (TPSA) is 0 Å². The van der Waals surface area contributed by atoms with E-state index in [1.165, 1.54) is 33.4 Å². The zero-order valence-electron chi connectivity index (χ0n) is 12.8. The number of hydrogen-bond donors (Lipinski definition) is 0. The van der Waals surface area contributed by atoms with Crippen molar-refractivity contribution in [2.75, 3.05) is 0 Å². The van der Waals surface area contributed by atoms with Gasteiger partial charge in [0.05, 0.1) is 0 Å². The normalized spacial score (nSPS) is 10.8. The SMILES string of the molecule is Cc1cc(C)[c]([Sb][c]2c(C)cc(C)cc2C)c(C)c1. The third-order valence-corrected chi connectivity index (χ3v) is 8.80. The molecule has 0 aliphatic heterocycles. The second-order valence-electron chi connectivity index (χ2n) is 5.61. The molecule has 19 heavy (non-hydrogen) atoms. The van der Waals surface area contributed by atoms with Crippen molar-refractivity contribution in [3.05, 3.63) is 57.6 Å². The van der Waals surface area contributed by atoms with E-state index >= 15 is 0 Å². The first kappa shape index (κ1) is 14.7. The monoisotopic (exact) mass is 359 g/mol. The molecule has 2 rings (SSSR count). The Hall–Kier alpha value is -0.742. The molecule has 0 N–H and O–H groups in total. The second-order valence-corrected chi connectivity index (χ2v) is 8.80. The quantitative estimate of drug-likeness (QED) is 0.722. The minimum absolute atomic E-state index is 0.497. The first-order chi connectivity index (χ1) is 8.88. The maximum absolute atomic E-state index is 2.33. The van der Waals surface area contributed by atoms with Crippen LogP contribution in [-0.2, 0) is 0 Å². The van der Waals surface area contributed by atoms with Crippen molar-refractivity contribution in [1.82, 2.24) is 0 Å². The third kappa shape index (κ3) is 3.23. The predicted octanol–water partition coefficient (Wildman–Crippen LogP) is 3.19. The Bertz CT molecular complexity index is 522. The van der Waals surface area contributed by atoms with Crippen LogP contribution >= 0.6 is 0 Å².